The molecule has 8 nitrogen and oxygen atoms in total. The van der Waals surface area contributed by atoms with Crippen molar-refractivity contribution in [2.75, 3.05) is 19.0 Å². The molecule has 0 unspecified atom stereocenters. The summed E-state index contributed by atoms with van der Waals surface area (Å²) in [6.07, 6.45) is 0.541. The van der Waals surface area contributed by atoms with Crippen molar-refractivity contribution in [1.29, 1.82) is 0 Å². The zero-order chi connectivity index (χ0) is 18.8. The highest BCUT2D eigenvalue weighted by molar-refractivity contribution is 5.94. The molecule has 0 saturated heterocycles. The van der Waals surface area contributed by atoms with Crippen LogP contribution in [0.15, 0.2) is 18.2 Å². The van der Waals surface area contributed by atoms with Crippen molar-refractivity contribution in [2.24, 2.45) is 5.92 Å². The number of benzene rings is 1. The normalized spacial score (nSPS) is 15.7. The maximum Gasteiger partial charge on any atom is 0.325 e. The van der Waals surface area contributed by atoms with Gasteiger partial charge in [-0.05, 0) is 31.9 Å². The number of carboxylic acid groups (broad SMARTS) is 1. The maximum absolute atomic E-state index is 12.7. The van der Waals surface area contributed by atoms with Crippen LogP contribution in [-0.2, 0) is 22.6 Å². The van der Waals surface area contributed by atoms with Crippen LogP contribution in [0.3, 0.4) is 0 Å². The number of rotatable bonds is 5. The number of nitrogens with zero attached hydrogens (tertiary/aromatic N) is 2. The highest BCUT2D eigenvalue weighted by Gasteiger charge is 2.29. The summed E-state index contributed by atoms with van der Waals surface area (Å²) in [5.74, 6) is -0.181. The molecule has 1 aromatic heterocycles. The molecule has 1 aromatic carbocycles. The molecule has 0 radical (unpaired) electrons. The third-order valence-electron chi connectivity index (χ3n) is 4.46. The molecule has 1 aliphatic rings. The van der Waals surface area contributed by atoms with Crippen LogP contribution in [0.2, 0.25) is 0 Å². The molecule has 2 heterocycles. The first kappa shape index (κ1) is 17.8. The Labute approximate surface area is 150 Å². The monoisotopic (exact) mass is 359 g/mol. The van der Waals surface area contributed by atoms with E-state index in [1.54, 1.807) is 21.0 Å². The Morgan fingerprint density at radius 2 is 2.19 bits per heavy atom. The van der Waals surface area contributed by atoms with Gasteiger partial charge in [-0.2, -0.15) is 5.10 Å². The van der Waals surface area contributed by atoms with Gasteiger partial charge in [-0.25, -0.2) is 0 Å². The largest absolute Gasteiger partial charge is 0.493 e. The molecule has 2 aromatic rings. The number of nitrogens with one attached hydrogen (secondary N) is 1. The van der Waals surface area contributed by atoms with E-state index in [-0.39, 0.29) is 25.0 Å². The second-order valence-corrected chi connectivity index (χ2v) is 6.25. The fraction of sp³-hybridized carbons (Fsp3) is 0.389. The minimum atomic E-state index is -0.986. The molecule has 3 rings (SSSR count). The highest BCUT2D eigenvalue weighted by Crippen LogP contribution is 2.36. The number of anilines is 1. The first-order valence-electron chi connectivity index (χ1n) is 8.26. The Kier molecular flexibility index (Phi) is 4.83. The fourth-order valence-corrected chi connectivity index (χ4v) is 3.11. The summed E-state index contributed by atoms with van der Waals surface area (Å²) < 4.78 is 12.4. The molecule has 2 N–H and O–H groups in total. The average Bonchev–Trinajstić information content (AvgIpc) is 2.87. The average molecular weight is 359 g/mol. The lowest BCUT2D eigenvalue weighted by Gasteiger charge is -2.25. The van der Waals surface area contributed by atoms with E-state index in [4.69, 9.17) is 14.6 Å². The number of carbonyl (C=O) groups is 2. The second kappa shape index (κ2) is 7.07. The Hall–Kier alpha value is -3.03. The van der Waals surface area contributed by atoms with Crippen molar-refractivity contribution < 1.29 is 24.2 Å². The van der Waals surface area contributed by atoms with Crippen LogP contribution in [0, 0.1) is 19.8 Å². The molecular weight excluding hydrogens is 338 g/mol. The van der Waals surface area contributed by atoms with Gasteiger partial charge >= 0.3 is 5.97 Å². The predicted molar refractivity (Wildman–Crippen MR) is 93.6 cm³/mol. The van der Waals surface area contributed by atoms with E-state index in [9.17, 15) is 9.59 Å². The van der Waals surface area contributed by atoms with Crippen LogP contribution in [0.25, 0.3) is 0 Å². The molecule has 26 heavy (non-hydrogen) atoms. The topological polar surface area (TPSA) is 103 Å². The van der Waals surface area contributed by atoms with Crippen LogP contribution in [-0.4, -0.2) is 40.5 Å². The van der Waals surface area contributed by atoms with Crippen molar-refractivity contribution in [2.45, 2.75) is 26.8 Å². The van der Waals surface area contributed by atoms with Gasteiger partial charge in [0.15, 0.2) is 11.5 Å². The minimum Gasteiger partial charge on any atom is -0.493 e. The molecule has 0 spiro atoms. The van der Waals surface area contributed by atoms with Gasteiger partial charge in [0.1, 0.15) is 13.2 Å². The number of aromatic nitrogens is 2. The fourth-order valence-electron chi connectivity index (χ4n) is 3.11. The van der Waals surface area contributed by atoms with E-state index in [2.05, 4.69) is 10.4 Å². The standard InChI is InChI=1S/C18H21N3O5/c1-10-16(11(2)21(20-10)8-15(22)23)19-18(24)13-7-12-5-4-6-14(25-3)17(12)26-9-13/h4-6,13H,7-9H2,1-3H3,(H,19,24)(H,22,23)/t13-/m1/s1. The van der Waals surface area contributed by atoms with Gasteiger partial charge in [-0.15, -0.1) is 0 Å². The van der Waals surface area contributed by atoms with E-state index < -0.39 is 5.97 Å². The van der Waals surface area contributed by atoms with E-state index in [1.807, 2.05) is 18.2 Å². The number of carbonyl (C=O) groups excluding carboxylic acids is 1. The summed E-state index contributed by atoms with van der Waals surface area (Å²) in [6.45, 7) is 3.47. The Bertz CT molecular complexity index is 859. The van der Waals surface area contributed by atoms with Crippen LogP contribution in [0.5, 0.6) is 11.5 Å². The molecule has 0 fully saturated rings. The molecule has 1 atom stereocenters. The van der Waals surface area contributed by atoms with Gasteiger partial charge in [0.05, 0.1) is 30.1 Å². The van der Waals surface area contributed by atoms with Crippen LogP contribution < -0.4 is 14.8 Å². The van der Waals surface area contributed by atoms with Crippen molar-refractivity contribution in [3.63, 3.8) is 0 Å². The van der Waals surface area contributed by atoms with Gasteiger partial charge in [0, 0.05) is 0 Å². The lowest BCUT2D eigenvalue weighted by Crippen LogP contribution is -2.33. The number of hydrogen-bond donors (Lipinski definition) is 2. The van der Waals surface area contributed by atoms with Crippen molar-refractivity contribution in [3.05, 3.63) is 35.2 Å². The lowest BCUT2D eigenvalue weighted by molar-refractivity contribution is -0.137. The van der Waals surface area contributed by atoms with Gasteiger partial charge in [-0.3, -0.25) is 14.3 Å². The summed E-state index contributed by atoms with van der Waals surface area (Å²) in [5.41, 5.74) is 2.66. The molecule has 0 aliphatic carbocycles. The summed E-state index contributed by atoms with van der Waals surface area (Å²) in [7, 11) is 1.58. The Morgan fingerprint density at radius 3 is 2.88 bits per heavy atom. The predicted octanol–water partition coefficient (Wildman–Crippen LogP) is 1.78. The number of methoxy groups -OCH3 is 1. The third-order valence-corrected chi connectivity index (χ3v) is 4.46. The van der Waals surface area contributed by atoms with Crippen molar-refractivity contribution in [1.82, 2.24) is 9.78 Å². The molecule has 0 saturated carbocycles. The second-order valence-electron chi connectivity index (χ2n) is 6.25. The number of ether oxygens (including phenoxy) is 2. The number of carboxylic acids is 1. The van der Waals surface area contributed by atoms with Crippen LogP contribution in [0.1, 0.15) is 17.0 Å². The number of aliphatic carboxylic acids is 1. The lowest BCUT2D eigenvalue weighted by atomic mass is 9.95. The zero-order valence-electron chi connectivity index (χ0n) is 14.9. The molecular formula is C18H21N3O5. The number of amides is 1. The summed E-state index contributed by atoms with van der Waals surface area (Å²) in [5, 5.41) is 16.0. The van der Waals surface area contributed by atoms with Crippen LogP contribution >= 0.6 is 0 Å². The number of hydrogen-bond acceptors (Lipinski definition) is 5. The van der Waals surface area contributed by atoms with Crippen LogP contribution in [0.4, 0.5) is 5.69 Å². The van der Waals surface area contributed by atoms with Gasteiger partial charge in [0.25, 0.3) is 0 Å². The summed E-state index contributed by atoms with van der Waals surface area (Å²) in [4.78, 5) is 23.6. The molecule has 138 valence electrons. The van der Waals surface area contributed by atoms with E-state index in [0.717, 1.165) is 5.56 Å². The maximum atomic E-state index is 12.7. The minimum absolute atomic E-state index is 0.181. The number of fused-ring (bicyclic) bond motifs is 1. The first-order valence-corrected chi connectivity index (χ1v) is 8.26. The first-order chi connectivity index (χ1) is 12.4. The molecule has 1 aliphatic heterocycles. The summed E-state index contributed by atoms with van der Waals surface area (Å²) in [6, 6.07) is 5.60. The van der Waals surface area contributed by atoms with E-state index in [0.29, 0.717) is 35.0 Å². The van der Waals surface area contributed by atoms with Gasteiger partial charge in [0.2, 0.25) is 5.91 Å². The third kappa shape index (κ3) is 3.35. The Morgan fingerprint density at radius 1 is 1.42 bits per heavy atom. The van der Waals surface area contributed by atoms with Crippen molar-refractivity contribution in [3.8, 4) is 11.5 Å². The number of para-hydroxylation sites is 1. The molecule has 0 bridgehead atoms. The van der Waals surface area contributed by atoms with Gasteiger partial charge < -0.3 is 19.9 Å². The Balaban J connectivity index is 1.75. The highest BCUT2D eigenvalue weighted by atomic mass is 16.5. The zero-order valence-corrected chi connectivity index (χ0v) is 14.9. The molecule has 1 amide bonds. The van der Waals surface area contributed by atoms with Crippen molar-refractivity contribution >= 4 is 17.6 Å². The number of aryl methyl sites for hydroxylation is 1. The van der Waals surface area contributed by atoms with Gasteiger partial charge in [-0.1, -0.05) is 12.1 Å². The smallest absolute Gasteiger partial charge is 0.325 e. The SMILES string of the molecule is COc1cccc2c1OC[C@H](C(=O)Nc1c(C)nn(CC(=O)O)c1C)C2. The molecule has 8 heteroatoms. The van der Waals surface area contributed by atoms with E-state index >= 15 is 0 Å². The van der Waals surface area contributed by atoms with E-state index in [1.165, 1.54) is 4.68 Å². The summed E-state index contributed by atoms with van der Waals surface area (Å²) >= 11 is 0. The quantitative estimate of drug-likeness (QED) is 0.844.